The summed E-state index contributed by atoms with van der Waals surface area (Å²) in [6.07, 6.45) is 0. The number of hydrogen-bond donors (Lipinski definition) is 2. The Kier molecular flexibility index (Phi) is 3.97. The number of nitrogens with one attached hydrogen (secondary N) is 1. The minimum atomic E-state index is -4.28. The number of anilines is 1. The fourth-order valence-corrected chi connectivity index (χ4v) is 4.13. The molecule has 0 spiro atoms. The van der Waals surface area contributed by atoms with E-state index in [1.807, 2.05) is 0 Å². The van der Waals surface area contributed by atoms with Crippen LogP contribution in [0.2, 0.25) is 0 Å². The van der Waals surface area contributed by atoms with Crippen molar-refractivity contribution in [2.45, 2.75) is 11.8 Å². The molecular weight excluding hydrogens is 324 g/mol. The van der Waals surface area contributed by atoms with Gasteiger partial charge in [0, 0.05) is 4.88 Å². The Labute approximate surface area is 122 Å². The van der Waals surface area contributed by atoms with Crippen molar-refractivity contribution in [1.82, 2.24) is 0 Å². The van der Waals surface area contributed by atoms with Gasteiger partial charge in [-0.1, -0.05) is 6.07 Å². The molecule has 112 valence electrons. The van der Waals surface area contributed by atoms with Crippen LogP contribution in [-0.2, 0) is 10.0 Å². The Morgan fingerprint density at radius 3 is 2.33 bits per heavy atom. The van der Waals surface area contributed by atoms with E-state index in [9.17, 15) is 22.0 Å². The summed E-state index contributed by atoms with van der Waals surface area (Å²) in [5, 5.41) is 8.84. The van der Waals surface area contributed by atoms with Crippen LogP contribution >= 0.6 is 11.3 Å². The van der Waals surface area contributed by atoms with Crippen molar-refractivity contribution < 1.29 is 27.1 Å². The number of rotatable bonds is 4. The van der Waals surface area contributed by atoms with Gasteiger partial charge in [0.15, 0.2) is 0 Å². The molecule has 9 heteroatoms. The maximum absolute atomic E-state index is 13.5. The third kappa shape index (κ3) is 3.03. The van der Waals surface area contributed by atoms with Crippen molar-refractivity contribution in [2.24, 2.45) is 0 Å². The Morgan fingerprint density at radius 2 is 1.86 bits per heavy atom. The molecule has 0 saturated carbocycles. The maximum Gasteiger partial charge on any atom is 0.345 e. The molecule has 2 aromatic rings. The van der Waals surface area contributed by atoms with Crippen LogP contribution in [0, 0.1) is 18.6 Å². The molecule has 0 aliphatic carbocycles. The van der Waals surface area contributed by atoms with Crippen LogP contribution in [0.15, 0.2) is 29.2 Å². The normalized spacial score (nSPS) is 11.4. The number of thiophene rings is 1. The van der Waals surface area contributed by atoms with Crippen molar-refractivity contribution in [3.8, 4) is 0 Å². The number of carbonyl (C=O) groups is 1. The quantitative estimate of drug-likeness (QED) is 0.901. The van der Waals surface area contributed by atoms with Crippen molar-refractivity contribution >= 4 is 33.0 Å². The van der Waals surface area contributed by atoms with Gasteiger partial charge < -0.3 is 5.11 Å². The molecule has 0 aliphatic heterocycles. The van der Waals surface area contributed by atoms with Crippen LogP contribution < -0.4 is 4.72 Å². The number of hydrogen-bond acceptors (Lipinski definition) is 4. The topological polar surface area (TPSA) is 83.5 Å². The number of aryl methyl sites for hydroxylation is 1. The largest absolute Gasteiger partial charge is 0.477 e. The van der Waals surface area contributed by atoms with E-state index in [2.05, 4.69) is 0 Å². The van der Waals surface area contributed by atoms with E-state index in [4.69, 9.17) is 5.11 Å². The van der Waals surface area contributed by atoms with Gasteiger partial charge >= 0.3 is 5.97 Å². The monoisotopic (exact) mass is 333 g/mol. The Bertz CT molecular complexity index is 794. The minimum absolute atomic E-state index is 0.179. The molecule has 1 aromatic heterocycles. The molecule has 5 nitrogen and oxygen atoms in total. The van der Waals surface area contributed by atoms with Crippen molar-refractivity contribution in [3.63, 3.8) is 0 Å². The van der Waals surface area contributed by atoms with Crippen molar-refractivity contribution in [3.05, 3.63) is 45.7 Å². The van der Waals surface area contributed by atoms with Gasteiger partial charge in [0.2, 0.25) is 0 Å². The number of halogens is 2. The molecule has 0 amide bonds. The van der Waals surface area contributed by atoms with Crippen LogP contribution in [0.3, 0.4) is 0 Å². The number of carboxylic acids is 1. The average molecular weight is 333 g/mol. The van der Waals surface area contributed by atoms with Gasteiger partial charge in [-0.3, -0.25) is 4.72 Å². The Morgan fingerprint density at radius 1 is 1.29 bits per heavy atom. The van der Waals surface area contributed by atoms with Crippen LogP contribution in [0.4, 0.5) is 14.5 Å². The summed E-state index contributed by atoms with van der Waals surface area (Å²) < 4.78 is 53.0. The summed E-state index contributed by atoms with van der Waals surface area (Å²) in [6, 6.07) is 3.86. The van der Waals surface area contributed by atoms with E-state index < -0.39 is 33.3 Å². The molecule has 1 aromatic carbocycles. The zero-order valence-corrected chi connectivity index (χ0v) is 12.2. The molecule has 1 heterocycles. The van der Waals surface area contributed by atoms with E-state index in [0.29, 0.717) is 0 Å². The van der Waals surface area contributed by atoms with Gasteiger partial charge in [0.05, 0.1) is 0 Å². The SMILES string of the molecule is Cc1sc(C(=O)O)cc1S(=O)(=O)Nc1c(F)cccc1F. The molecule has 0 atom stereocenters. The highest BCUT2D eigenvalue weighted by atomic mass is 32.2. The fourth-order valence-electron chi connectivity index (χ4n) is 1.62. The molecular formula is C12H9F2NO4S2. The molecule has 0 fully saturated rings. The molecule has 0 unspecified atom stereocenters. The first kappa shape index (κ1) is 15.4. The van der Waals surface area contributed by atoms with Gasteiger partial charge in [0.1, 0.15) is 27.1 Å². The van der Waals surface area contributed by atoms with Gasteiger partial charge in [-0.25, -0.2) is 22.0 Å². The van der Waals surface area contributed by atoms with Crippen LogP contribution in [0.5, 0.6) is 0 Å². The average Bonchev–Trinajstić information content (AvgIpc) is 2.77. The first-order valence-corrected chi connectivity index (χ1v) is 7.83. The molecule has 0 saturated heterocycles. The second-order valence-corrected chi connectivity index (χ2v) is 6.95. The zero-order chi connectivity index (χ0) is 15.8. The third-order valence-corrected chi connectivity index (χ3v) is 5.22. The zero-order valence-electron chi connectivity index (χ0n) is 10.6. The number of benzene rings is 1. The van der Waals surface area contributed by atoms with Crippen LogP contribution in [0.25, 0.3) is 0 Å². The smallest absolute Gasteiger partial charge is 0.345 e. The highest BCUT2D eigenvalue weighted by Crippen LogP contribution is 2.29. The fraction of sp³-hybridized carbons (Fsp3) is 0.0833. The summed E-state index contributed by atoms with van der Waals surface area (Å²) in [7, 11) is -4.28. The number of carboxylic acid groups (broad SMARTS) is 1. The molecule has 0 bridgehead atoms. The van der Waals surface area contributed by atoms with Gasteiger partial charge in [-0.05, 0) is 25.1 Å². The molecule has 0 aliphatic rings. The molecule has 0 radical (unpaired) electrons. The van der Waals surface area contributed by atoms with E-state index >= 15 is 0 Å². The van der Waals surface area contributed by atoms with Crippen molar-refractivity contribution in [2.75, 3.05) is 4.72 Å². The van der Waals surface area contributed by atoms with E-state index in [1.54, 1.807) is 4.72 Å². The summed E-state index contributed by atoms with van der Waals surface area (Å²) in [5.41, 5.74) is -0.806. The lowest BCUT2D eigenvalue weighted by Gasteiger charge is -2.09. The third-order valence-electron chi connectivity index (χ3n) is 2.57. The van der Waals surface area contributed by atoms with Crippen LogP contribution in [-0.4, -0.2) is 19.5 Å². The molecule has 2 rings (SSSR count). The molecule has 2 N–H and O–H groups in total. The summed E-state index contributed by atoms with van der Waals surface area (Å²) in [4.78, 5) is 10.5. The lowest BCUT2D eigenvalue weighted by Crippen LogP contribution is -2.15. The van der Waals surface area contributed by atoms with E-state index in [-0.39, 0.29) is 14.6 Å². The Hall–Kier alpha value is -2.00. The first-order chi connectivity index (χ1) is 9.72. The summed E-state index contributed by atoms with van der Waals surface area (Å²) in [5.74, 6) is -3.41. The second kappa shape index (κ2) is 5.41. The lowest BCUT2D eigenvalue weighted by molar-refractivity contribution is 0.0702. The van der Waals surface area contributed by atoms with Gasteiger partial charge in [0.25, 0.3) is 10.0 Å². The van der Waals surface area contributed by atoms with Gasteiger partial charge in [-0.2, -0.15) is 0 Å². The first-order valence-electron chi connectivity index (χ1n) is 5.53. The standard InChI is InChI=1S/C12H9F2NO4S2/c1-6-10(5-9(20-6)12(16)17)21(18,19)15-11-7(13)3-2-4-8(11)14/h2-5,15H,1H3,(H,16,17). The number of sulfonamides is 1. The van der Waals surface area contributed by atoms with Gasteiger partial charge in [-0.15, -0.1) is 11.3 Å². The summed E-state index contributed by atoms with van der Waals surface area (Å²) >= 11 is 0.762. The van der Waals surface area contributed by atoms with Crippen molar-refractivity contribution in [1.29, 1.82) is 0 Å². The van der Waals surface area contributed by atoms with Crippen LogP contribution in [0.1, 0.15) is 14.5 Å². The lowest BCUT2D eigenvalue weighted by atomic mass is 10.3. The minimum Gasteiger partial charge on any atom is -0.477 e. The number of para-hydroxylation sites is 1. The second-order valence-electron chi connectivity index (χ2n) is 4.04. The maximum atomic E-state index is 13.5. The highest BCUT2D eigenvalue weighted by molar-refractivity contribution is 7.93. The number of aromatic carboxylic acids is 1. The van der Waals surface area contributed by atoms with E-state index in [1.165, 1.54) is 6.92 Å². The van der Waals surface area contributed by atoms with E-state index in [0.717, 1.165) is 35.6 Å². The predicted molar refractivity (Wildman–Crippen MR) is 73.2 cm³/mol. The molecule has 21 heavy (non-hydrogen) atoms. The Balaban J connectivity index is 2.46. The highest BCUT2D eigenvalue weighted by Gasteiger charge is 2.24. The summed E-state index contributed by atoms with van der Waals surface area (Å²) in [6.45, 7) is 1.41. The predicted octanol–water partition coefficient (Wildman–Crippen LogP) is 2.83.